The Morgan fingerprint density at radius 3 is 2.81 bits per heavy atom. The minimum Gasteiger partial charge on any atom is -0.476 e. The summed E-state index contributed by atoms with van der Waals surface area (Å²) in [5.74, 6) is 1.03. The number of piperazine rings is 1. The summed E-state index contributed by atoms with van der Waals surface area (Å²) in [7, 11) is 0. The van der Waals surface area contributed by atoms with Crippen LogP contribution in [0, 0.1) is 0 Å². The molecular weight excluding hydrogens is 387 g/mol. The first-order valence-electron chi connectivity index (χ1n) is 9.06. The van der Waals surface area contributed by atoms with Crippen LogP contribution in [-0.4, -0.2) is 49.7 Å². The molecule has 1 aromatic carbocycles. The molecule has 8 heteroatoms. The van der Waals surface area contributed by atoms with Crippen LogP contribution in [0.1, 0.15) is 6.42 Å². The lowest BCUT2D eigenvalue weighted by Gasteiger charge is -2.34. The van der Waals surface area contributed by atoms with E-state index in [0.717, 1.165) is 38.4 Å². The number of quaternary nitrogens is 1. The average molecular weight is 408 g/mol. The third kappa shape index (κ3) is 4.13. The lowest BCUT2D eigenvalue weighted by atomic mass is 10.1. The molecule has 3 heterocycles. The van der Waals surface area contributed by atoms with Crippen LogP contribution in [0.25, 0.3) is 0 Å². The third-order valence-electron chi connectivity index (χ3n) is 5.07. The van der Waals surface area contributed by atoms with Gasteiger partial charge in [0.1, 0.15) is 0 Å². The van der Waals surface area contributed by atoms with Crippen molar-refractivity contribution in [2.75, 3.05) is 42.9 Å². The number of halogens is 2. The van der Waals surface area contributed by atoms with Gasteiger partial charge in [-0.1, -0.05) is 23.2 Å². The van der Waals surface area contributed by atoms with Crippen LogP contribution in [0.3, 0.4) is 0 Å². The standard InChI is InChI=1S/C19H20Cl2N4O2/c20-14-4-3-13(12-15(14)21)25-10-8-24(9-11-25)7-5-17-19(26)23-18-16(27-17)2-1-6-22-18/h1-4,6,12,17H,5,7-11H2,(H,22,23,26)/p+1/t17-/m1/s1. The molecule has 6 nitrogen and oxygen atoms in total. The fourth-order valence-electron chi connectivity index (χ4n) is 3.52. The van der Waals surface area contributed by atoms with Crippen molar-refractivity contribution in [3.63, 3.8) is 0 Å². The Hall–Kier alpha value is -2.02. The number of benzene rings is 1. The largest absolute Gasteiger partial charge is 0.476 e. The highest BCUT2D eigenvalue weighted by Gasteiger charge is 2.30. The van der Waals surface area contributed by atoms with Crippen molar-refractivity contribution in [2.45, 2.75) is 12.5 Å². The predicted octanol–water partition coefficient (Wildman–Crippen LogP) is 1.88. The van der Waals surface area contributed by atoms with Crippen molar-refractivity contribution in [3.05, 3.63) is 46.6 Å². The average Bonchev–Trinajstić information content (AvgIpc) is 2.69. The highest BCUT2D eigenvalue weighted by atomic mass is 35.5. The molecule has 0 spiro atoms. The molecule has 2 aliphatic heterocycles. The van der Waals surface area contributed by atoms with Gasteiger partial charge in [0.25, 0.3) is 5.91 Å². The fraction of sp³-hybridized carbons (Fsp3) is 0.368. The number of hydrogen-bond acceptors (Lipinski definition) is 4. The van der Waals surface area contributed by atoms with E-state index in [-0.39, 0.29) is 5.91 Å². The van der Waals surface area contributed by atoms with Gasteiger partial charge in [0, 0.05) is 18.3 Å². The van der Waals surface area contributed by atoms with E-state index in [0.29, 0.717) is 28.0 Å². The summed E-state index contributed by atoms with van der Waals surface area (Å²) in [5, 5.41) is 3.98. The van der Waals surface area contributed by atoms with Gasteiger partial charge in [0.05, 0.1) is 42.8 Å². The van der Waals surface area contributed by atoms with Gasteiger partial charge in [0.2, 0.25) is 0 Å². The van der Waals surface area contributed by atoms with E-state index in [1.54, 1.807) is 12.3 Å². The van der Waals surface area contributed by atoms with Crippen LogP contribution >= 0.6 is 23.2 Å². The lowest BCUT2D eigenvalue weighted by molar-refractivity contribution is -0.901. The summed E-state index contributed by atoms with van der Waals surface area (Å²) in [4.78, 5) is 20.1. The van der Waals surface area contributed by atoms with Gasteiger partial charge in [-0.2, -0.15) is 0 Å². The number of amides is 1. The molecule has 0 unspecified atom stereocenters. The first-order chi connectivity index (χ1) is 13.1. The molecule has 2 N–H and O–H groups in total. The smallest absolute Gasteiger partial charge is 0.266 e. The van der Waals surface area contributed by atoms with Gasteiger partial charge < -0.3 is 19.9 Å². The fourth-order valence-corrected chi connectivity index (χ4v) is 3.81. The number of pyridine rings is 1. The van der Waals surface area contributed by atoms with Gasteiger partial charge in [-0.15, -0.1) is 0 Å². The van der Waals surface area contributed by atoms with E-state index in [4.69, 9.17) is 27.9 Å². The van der Waals surface area contributed by atoms with E-state index in [9.17, 15) is 4.79 Å². The molecule has 4 rings (SSSR count). The number of rotatable bonds is 4. The van der Waals surface area contributed by atoms with Crippen LogP contribution in [0.15, 0.2) is 36.5 Å². The highest BCUT2D eigenvalue weighted by molar-refractivity contribution is 6.42. The summed E-state index contributed by atoms with van der Waals surface area (Å²) < 4.78 is 5.82. The molecule has 27 heavy (non-hydrogen) atoms. The minimum atomic E-state index is -0.456. The maximum Gasteiger partial charge on any atom is 0.266 e. The number of carbonyl (C=O) groups excluding carboxylic acids is 1. The molecule has 2 aromatic rings. The van der Waals surface area contributed by atoms with E-state index >= 15 is 0 Å². The maximum atomic E-state index is 12.2. The number of anilines is 2. The number of hydrogen-bond donors (Lipinski definition) is 2. The van der Waals surface area contributed by atoms with Crippen molar-refractivity contribution in [1.29, 1.82) is 0 Å². The molecule has 0 bridgehead atoms. The Morgan fingerprint density at radius 1 is 1.22 bits per heavy atom. The van der Waals surface area contributed by atoms with Crippen LogP contribution in [0.5, 0.6) is 5.75 Å². The van der Waals surface area contributed by atoms with Gasteiger partial charge in [-0.05, 0) is 30.3 Å². The van der Waals surface area contributed by atoms with Crippen molar-refractivity contribution in [1.82, 2.24) is 4.98 Å². The number of carbonyl (C=O) groups is 1. The summed E-state index contributed by atoms with van der Waals surface area (Å²) in [6.07, 6.45) is 1.87. The number of fused-ring (bicyclic) bond motifs is 1. The molecule has 1 saturated heterocycles. The second-order valence-electron chi connectivity index (χ2n) is 6.82. The molecule has 0 radical (unpaired) electrons. The topological polar surface area (TPSA) is 58.9 Å². The second-order valence-corrected chi connectivity index (χ2v) is 7.63. The maximum absolute atomic E-state index is 12.2. The third-order valence-corrected chi connectivity index (χ3v) is 5.81. The van der Waals surface area contributed by atoms with Gasteiger partial charge >= 0.3 is 0 Å². The van der Waals surface area contributed by atoms with Crippen LogP contribution in [-0.2, 0) is 4.79 Å². The summed E-state index contributed by atoms with van der Waals surface area (Å²) in [5.41, 5.74) is 1.10. The summed E-state index contributed by atoms with van der Waals surface area (Å²) in [6.45, 7) is 4.79. The number of ether oxygens (including phenoxy) is 1. The van der Waals surface area contributed by atoms with E-state index < -0.39 is 6.10 Å². The normalized spacial score (nSPS) is 20.0. The molecule has 1 aromatic heterocycles. The lowest BCUT2D eigenvalue weighted by Crippen LogP contribution is -3.15. The zero-order chi connectivity index (χ0) is 18.8. The van der Waals surface area contributed by atoms with Crippen LogP contribution in [0.4, 0.5) is 11.5 Å². The number of nitrogens with zero attached hydrogens (tertiary/aromatic N) is 2. The Balaban J connectivity index is 1.28. The SMILES string of the molecule is O=C1Nc2ncccc2O[C@@H]1CC[NH+]1CCN(c2ccc(Cl)c(Cl)c2)CC1. The monoisotopic (exact) mass is 407 g/mol. The number of nitrogens with one attached hydrogen (secondary N) is 2. The van der Waals surface area contributed by atoms with Crippen molar-refractivity contribution < 1.29 is 14.4 Å². The summed E-state index contributed by atoms with van der Waals surface area (Å²) >= 11 is 12.1. The quantitative estimate of drug-likeness (QED) is 0.812. The Morgan fingerprint density at radius 2 is 2.04 bits per heavy atom. The first-order valence-corrected chi connectivity index (χ1v) is 9.82. The first kappa shape index (κ1) is 18.3. The zero-order valence-electron chi connectivity index (χ0n) is 14.8. The van der Waals surface area contributed by atoms with Crippen molar-refractivity contribution >= 4 is 40.6 Å². The van der Waals surface area contributed by atoms with Crippen molar-refractivity contribution in [2.24, 2.45) is 0 Å². The number of aromatic nitrogens is 1. The van der Waals surface area contributed by atoms with Gasteiger partial charge in [-0.3, -0.25) is 4.79 Å². The Kier molecular flexibility index (Phi) is 5.38. The summed E-state index contributed by atoms with van der Waals surface area (Å²) in [6, 6.07) is 9.40. The highest BCUT2D eigenvalue weighted by Crippen LogP contribution is 2.28. The molecule has 0 aliphatic carbocycles. The Labute approximate surface area is 168 Å². The molecule has 1 fully saturated rings. The van der Waals surface area contributed by atoms with E-state index in [1.165, 1.54) is 4.90 Å². The van der Waals surface area contributed by atoms with Crippen LogP contribution in [0.2, 0.25) is 10.0 Å². The van der Waals surface area contributed by atoms with Crippen molar-refractivity contribution in [3.8, 4) is 5.75 Å². The zero-order valence-corrected chi connectivity index (χ0v) is 16.3. The van der Waals surface area contributed by atoms with Crippen LogP contribution < -0.4 is 19.9 Å². The second kappa shape index (κ2) is 7.92. The minimum absolute atomic E-state index is 0.116. The van der Waals surface area contributed by atoms with E-state index in [1.807, 2.05) is 24.3 Å². The molecule has 142 valence electrons. The van der Waals surface area contributed by atoms with Gasteiger partial charge in [0.15, 0.2) is 17.7 Å². The van der Waals surface area contributed by atoms with E-state index in [2.05, 4.69) is 15.2 Å². The molecular formula is C19H21Cl2N4O2+. The van der Waals surface area contributed by atoms with Gasteiger partial charge in [-0.25, -0.2) is 4.98 Å². The predicted molar refractivity (Wildman–Crippen MR) is 106 cm³/mol. The molecule has 1 atom stereocenters. The molecule has 2 aliphatic rings. The Bertz CT molecular complexity index is 840. The molecule has 1 amide bonds. The molecule has 0 saturated carbocycles.